The van der Waals surface area contributed by atoms with Gasteiger partial charge >= 0.3 is 5.97 Å². The molecule has 0 bridgehead atoms. The number of nitrogens with zero attached hydrogens (tertiary/aromatic N) is 4. The van der Waals surface area contributed by atoms with Crippen LogP contribution < -0.4 is 0 Å². The van der Waals surface area contributed by atoms with E-state index in [-0.39, 0.29) is 16.8 Å². The molecule has 1 aromatic carbocycles. The molecule has 0 atom stereocenters. The van der Waals surface area contributed by atoms with Gasteiger partial charge in [0.2, 0.25) is 0 Å². The molecule has 0 N–H and O–H groups in total. The van der Waals surface area contributed by atoms with Gasteiger partial charge in [-0.1, -0.05) is 17.2 Å². The number of hydroxylamine groups is 2. The molecule has 3 heterocycles. The number of pyridine rings is 1. The molecular formula is C17H10N4O4. The molecule has 25 heavy (non-hydrogen) atoms. The number of imidazole rings is 1. The number of aromatic nitrogens is 3. The Morgan fingerprint density at radius 3 is 2.28 bits per heavy atom. The van der Waals surface area contributed by atoms with Gasteiger partial charge in [0, 0.05) is 12.4 Å². The van der Waals surface area contributed by atoms with Gasteiger partial charge in [0.15, 0.2) is 5.69 Å². The molecular weight excluding hydrogens is 324 g/mol. The molecule has 4 rings (SSSR count). The smallest absolute Gasteiger partial charge is 0.323 e. The number of rotatable bonds is 3. The molecule has 1 aliphatic rings. The van der Waals surface area contributed by atoms with E-state index in [1.807, 2.05) is 0 Å². The maximum atomic E-state index is 12.2. The van der Waals surface area contributed by atoms with Crippen LogP contribution in [0.2, 0.25) is 0 Å². The van der Waals surface area contributed by atoms with Crippen LogP contribution in [-0.2, 0) is 4.84 Å². The Kier molecular flexibility index (Phi) is 3.35. The van der Waals surface area contributed by atoms with Crippen molar-refractivity contribution in [1.29, 1.82) is 0 Å². The molecule has 0 aliphatic carbocycles. The summed E-state index contributed by atoms with van der Waals surface area (Å²) in [6.45, 7) is 0. The summed E-state index contributed by atoms with van der Waals surface area (Å²) in [5.41, 5.74) is 1.07. The van der Waals surface area contributed by atoms with E-state index in [9.17, 15) is 14.4 Å². The molecule has 8 heteroatoms. The molecule has 122 valence electrons. The van der Waals surface area contributed by atoms with Crippen LogP contribution in [0.3, 0.4) is 0 Å². The number of benzene rings is 1. The molecule has 2 aromatic heterocycles. The van der Waals surface area contributed by atoms with Gasteiger partial charge in [0.25, 0.3) is 11.8 Å². The summed E-state index contributed by atoms with van der Waals surface area (Å²) in [6, 6.07) is 9.35. The van der Waals surface area contributed by atoms with E-state index in [1.165, 1.54) is 24.4 Å². The van der Waals surface area contributed by atoms with Crippen molar-refractivity contribution in [3.05, 3.63) is 78.1 Å². The first-order valence-electron chi connectivity index (χ1n) is 7.29. The average Bonchev–Trinajstić information content (AvgIpc) is 3.26. The number of fused-ring (bicyclic) bond motifs is 1. The number of hydrogen-bond donors (Lipinski definition) is 0. The molecule has 0 unspecified atom stereocenters. The molecule has 0 saturated carbocycles. The summed E-state index contributed by atoms with van der Waals surface area (Å²) in [7, 11) is 0. The van der Waals surface area contributed by atoms with Crippen LogP contribution in [0.4, 0.5) is 0 Å². The van der Waals surface area contributed by atoms with Gasteiger partial charge in [-0.25, -0.2) is 14.8 Å². The third kappa shape index (κ3) is 2.45. The van der Waals surface area contributed by atoms with Gasteiger partial charge in [0.05, 0.1) is 29.3 Å². The van der Waals surface area contributed by atoms with Crippen molar-refractivity contribution in [3.8, 4) is 5.69 Å². The Labute approximate surface area is 141 Å². The maximum Gasteiger partial charge on any atom is 0.382 e. The SMILES string of the molecule is O=C(ON1C(=O)c2ccccc2C1=O)c1ccc(-n2ccnc2)cn1. The number of carbonyl (C=O) groups excluding carboxylic acids is 3. The van der Waals surface area contributed by atoms with Gasteiger partial charge in [-0.05, 0) is 24.3 Å². The van der Waals surface area contributed by atoms with Gasteiger partial charge in [-0.15, -0.1) is 0 Å². The molecule has 0 saturated heterocycles. The molecule has 0 spiro atoms. The second-order valence-corrected chi connectivity index (χ2v) is 5.20. The fourth-order valence-corrected chi connectivity index (χ4v) is 2.45. The first kappa shape index (κ1) is 14.8. The summed E-state index contributed by atoms with van der Waals surface area (Å²) in [5.74, 6) is -2.25. The average molecular weight is 334 g/mol. The molecule has 8 nitrogen and oxygen atoms in total. The fourth-order valence-electron chi connectivity index (χ4n) is 2.45. The summed E-state index contributed by atoms with van der Waals surface area (Å²) in [6.07, 6.45) is 6.40. The molecule has 2 amide bonds. The normalized spacial score (nSPS) is 13.0. The highest BCUT2D eigenvalue weighted by Gasteiger charge is 2.38. The summed E-state index contributed by atoms with van der Waals surface area (Å²) in [4.78, 5) is 49.4. The summed E-state index contributed by atoms with van der Waals surface area (Å²) in [5, 5.41) is 0.457. The first-order chi connectivity index (χ1) is 12.1. The maximum absolute atomic E-state index is 12.2. The predicted octanol–water partition coefficient (Wildman–Crippen LogP) is 1.64. The van der Waals surface area contributed by atoms with Crippen molar-refractivity contribution in [1.82, 2.24) is 19.6 Å². The van der Waals surface area contributed by atoms with Gasteiger partial charge < -0.3 is 9.40 Å². The lowest BCUT2D eigenvalue weighted by Crippen LogP contribution is -2.32. The zero-order valence-electron chi connectivity index (χ0n) is 12.7. The van der Waals surface area contributed by atoms with Crippen molar-refractivity contribution in [2.24, 2.45) is 0 Å². The largest absolute Gasteiger partial charge is 0.382 e. The second kappa shape index (κ2) is 5.68. The monoisotopic (exact) mass is 334 g/mol. The van der Waals surface area contributed by atoms with Crippen LogP contribution >= 0.6 is 0 Å². The lowest BCUT2D eigenvalue weighted by atomic mass is 10.1. The van der Waals surface area contributed by atoms with Crippen LogP contribution in [0, 0.1) is 0 Å². The standard InChI is InChI=1S/C17H10N4O4/c22-15-12-3-1-2-4-13(12)16(23)21(15)25-17(24)14-6-5-11(9-19-14)20-8-7-18-10-20/h1-10H. The number of carbonyl (C=O) groups is 3. The third-order valence-electron chi connectivity index (χ3n) is 3.69. The van der Waals surface area contributed by atoms with Gasteiger partial charge in [-0.3, -0.25) is 9.59 Å². The Morgan fingerprint density at radius 2 is 1.72 bits per heavy atom. The zero-order valence-corrected chi connectivity index (χ0v) is 12.7. The van der Waals surface area contributed by atoms with E-state index in [4.69, 9.17) is 4.84 Å². The van der Waals surface area contributed by atoms with Crippen LogP contribution in [0.5, 0.6) is 0 Å². The van der Waals surface area contributed by atoms with Crippen LogP contribution in [0.25, 0.3) is 5.69 Å². The van der Waals surface area contributed by atoms with E-state index < -0.39 is 17.8 Å². The highest BCUT2D eigenvalue weighted by Crippen LogP contribution is 2.23. The topological polar surface area (TPSA) is 94.4 Å². The minimum Gasteiger partial charge on any atom is -0.323 e. The van der Waals surface area contributed by atoms with Gasteiger partial charge in [-0.2, -0.15) is 0 Å². The van der Waals surface area contributed by atoms with E-state index in [0.29, 0.717) is 10.8 Å². The lowest BCUT2D eigenvalue weighted by Gasteiger charge is -2.12. The van der Waals surface area contributed by atoms with Crippen LogP contribution in [0.15, 0.2) is 61.3 Å². The predicted molar refractivity (Wildman–Crippen MR) is 83.7 cm³/mol. The Hall–Kier alpha value is -3.81. The molecule has 3 aromatic rings. The fraction of sp³-hybridized carbons (Fsp3) is 0. The zero-order chi connectivity index (χ0) is 17.4. The minimum absolute atomic E-state index is 0.0274. The number of imide groups is 1. The molecule has 0 radical (unpaired) electrons. The van der Waals surface area contributed by atoms with E-state index >= 15 is 0 Å². The van der Waals surface area contributed by atoms with Crippen LogP contribution in [-0.4, -0.2) is 37.4 Å². The summed E-state index contributed by atoms with van der Waals surface area (Å²) >= 11 is 0. The highest BCUT2D eigenvalue weighted by molar-refractivity contribution is 6.21. The van der Waals surface area contributed by atoms with E-state index in [2.05, 4.69) is 9.97 Å². The lowest BCUT2D eigenvalue weighted by molar-refractivity contribution is -0.0588. The highest BCUT2D eigenvalue weighted by atomic mass is 16.7. The van der Waals surface area contributed by atoms with Crippen molar-refractivity contribution < 1.29 is 19.2 Å². The summed E-state index contributed by atoms with van der Waals surface area (Å²) < 4.78 is 1.71. The Bertz CT molecular complexity index is 945. The van der Waals surface area contributed by atoms with Crippen LogP contribution in [0.1, 0.15) is 31.2 Å². The van der Waals surface area contributed by atoms with Crippen molar-refractivity contribution >= 4 is 17.8 Å². The van der Waals surface area contributed by atoms with Gasteiger partial charge in [0.1, 0.15) is 0 Å². The van der Waals surface area contributed by atoms with E-state index in [0.717, 1.165) is 0 Å². The third-order valence-corrected chi connectivity index (χ3v) is 3.69. The first-order valence-corrected chi connectivity index (χ1v) is 7.29. The molecule has 0 fully saturated rings. The Morgan fingerprint density at radius 1 is 1.00 bits per heavy atom. The van der Waals surface area contributed by atoms with E-state index in [1.54, 1.807) is 41.5 Å². The van der Waals surface area contributed by atoms with Crippen molar-refractivity contribution in [3.63, 3.8) is 0 Å². The van der Waals surface area contributed by atoms with Crippen molar-refractivity contribution in [2.45, 2.75) is 0 Å². The number of amides is 2. The molecule has 1 aliphatic heterocycles. The van der Waals surface area contributed by atoms with Crippen molar-refractivity contribution in [2.75, 3.05) is 0 Å². The Balaban J connectivity index is 1.53. The number of hydrogen-bond acceptors (Lipinski definition) is 6. The second-order valence-electron chi connectivity index (χ2n) is 5.20. The minimum atomic E-state index is -0.897. The quantitative estimate of drug-likeness (QED) is 0.676.